The van der Waals surface area contributed by atoms with Crippen molar-refractivity contribution in [2.75, 3.05) is 19.0 Å². The van der Waals surface area contributed by atoms with Gasteiger partial charge in [0.25, 0.3) is 10.1 Å². The van der Waals surface area contributed by atoms with E-state index in [-0.39, 0.29) is 19.4 Å². The second-order valence-electron chi connectivity index (χ2n) is 16.4. The van der Waals surface area contributed by atoms with Gasteiger partial charge in [0, 0.05) is 12.8 Å². The van der Waals surface area contributed by atoms with Gasteiger partial charge in [-0.2, -0.15) is 8.42 Å². The lowest BCUT2D eigenvalue weighted by Gasteiger charge is -2.40. The zero-order chi connectivity index (χ0) is 43.4. The number of hydrogen-bond acceptors (Lipinski definition) is 11. The molecule has 4 N–H and O–H groups in total. The number of carbonyl (C=O) groups is 2. The highest BCUT2D eigenvalue weighted by Crippen LogP contribution is 2.24. The van der Waals surface area contributed by atoms with Crippen molar-refractivity contribution in [1.29, 1.82) is 0 Å². The van der Waals surface area contributed by atoms with Gasteiger partial charge in [-0.15, -0.1) is 0 Å². The SMILES string of the molecule is CCCC/C=C\C/C=C\CCCCCCCC(=O)OC(COC(=O)CCCCCCCCCCCCCCCCCCC)COC1OC(CS(=O)(=O)O)C(O)C(O)C1O. The van der Waals surface area contributed by atoms with Gasteiger partial charge in [0.2, 0.25) is 0 Å². The summed E-state index contributed by atoms with van der Waals surface area (Å²) in [4.78, 5) is 25.4. The molecule has 0 aliphatic carbocycles. The molecule has 6 unspecified atom stereocenters. The van der Waals surface area contributed by atoms with Crippen LogP contribution in [-0.2, 0) is 38.7 Å². The van der Waals surface area contributed by atoms with E-state index in [2.05, 4.69) is 38.2 Å². The van der Waals surface area contributed by atoms with E-state index in [4.69, 9.17) is 18.9 Å². The van der Waals surface area contributed by atoms with Gasteiger partial charge in [0.15, 0.2) is 12.4 Å². The van der Waals surface area contributed by atoms with Crippen LogP contribution in [-0.4, -0.2) is 96.0 Å². The lowest BCUT2D eigenvalue weighted by Crippen LogP contribution is -2.60. The van der Waals surface area contributed by atoms with E-state index in [1.165, 1.54) is 96.3 Å². The first-order valence-corrected chi connectivity index (χ1v) is 25.0. The lowest BCUT2D eigenvalue weighted by molar-refractivity contribution is -0.297. The van der Waals surface area contributed by atoms with E-state index < -0.39 is 71.2 Å². The molecule has 0 spiro atoms. The van der Waals surface area contributed by atoms with Crippen molar-refractivity contribution in [2.45, 2.75) is 237 Å². The van der Waals surface area contributed by atoms with Crippen molar-refractivity contribution in [3.05, 3.63) is 24.3 Å². The van der Waals surface area contributed by atoms with Crippen molar-refractivity contribution in [2.24, 2.45) is 0 Å². The van der Waals surface area contributed by atoms with Crippen molar-refractivity contribution < 1.29 is 56.8 Å². The molecule has 6 atom stereocenters. The van der Waals surface area contributed by atoms with E-state index in [1.54, 1.807) is 0 Å². The third kappa shape index (κ3) is 31.6. The third-order valence-electron chi connectivity index (χ3n) is 10.8. The summed E-state index contributed by atoms with van der Waals surface area (Å²) in [6, 6.07) is 0. The molecule has 59 heavy (non-hydrogen) atoms. The Balaban J connectivity index is 2.42. The maximum absolute atomic E-state index is 12.8. The molecular weight excluding hydrogens is 777 g/mol. The minimum absolute atomic E-state index is 0.151. The number of allylic oxidation sites excluding steroid dienone is 4. The Hall–Kier alpha value is -1.87. The zero-order valence-electron chi connectivity index (χ0n) is 36.9. The van der Waals surface area contributed by atoms with Gasteiger partial charge in [0.05, 0.1) is 6.61 Å². The highest BCUT2D eigenvalue weighted by atomic mass is 32.2. The van der Waals surface area contributed by atoms with Crippen LogP contribution in [0.1, 0.15) is 200 Å². The molecule has 0 aromatic heterocycles. The summed E-state index contributed by atoms with van der Waals surface area (Å²) in [5, 5.41) is 30.9. The first-order valence-electron chi connectivity index (χ1n) is 23.4. The van der Waals surface area contributed by atoms with E-state index in [9.17, 15) is 37.9 Å². The molecule has 0 aromatic rings. The summed E-state index contributed by atoms with van der Waals surface area (Å²) in [5.74, 6) is -1.99. The summed E-state index contributed by atoms with van der Waals surface area (Å²) in [7, 11) is -4.60. The molecule has 0 bridgehead atoms. The zero-order valence-corrected chi connectivity index (χ0v) is 37.7. The molecule has 346 valence electrons. The van der Waals surface area contributed by atoms with Crippen LogP contribution in [0.15, 0.2) is 24.3 Å². The van der Waals surface area contributed by atoms with Crippen LogP contribution in [0.5, 0.6) is 0 Å². The van der Waals surface area contributed by atoms with Crippen LogP contribution in [0.25, 0.3) is 0 Å². The molecule has 0 aromatic carbocycles. The van der Waals surface area contributed by atoms with Crippen LogP contribution in [0.4, 0.5) is 0 Å². The second kappa shape index (κ2) is 36.8. The summed E-state index contributed by atoms with van der Waals surface area (Å²) >= 11 is 0. The molecule has 1 fully saturated rings. The Morgan fingerprint density at radius 3 is 1.54 bits per heavy atom. The monoisotopic (exact) mass is 861 g/mol. The van der Waals surface area contributed by atoms with E-state index >= 15 is 0 Å². The standard InChI is InChI=1S/C46H84O12S/c1-3-5-7-9-11-13-15-17-19-20-21-23-24-26-28-30-32-34-41(47)55-36-39(37-56-46-45(51)44(50)43(49)40(58-46)38-59(52,53)54)57-42(48)35-33-31-29-27-25-22-18-16-14-12-10-8-6-4-2/h10,12,16,18,39-40,43-46,49-51H,3-9,11,13-15,17,19-38H2,1-2H3,(H,52,53,54)/b12-10-,18-16-. The fourth-order valence-electron chi connectivity index (χ4n) is 7.11. The van der Waals surface area contributed by atoms with Crippen LogP contribution >= 0.6 is 0 Å². The van der Waals surface area contributed by atoms with Crippen molar-refractivity contribution >= 4 is 22.1 Å². The predicted molar refractivity (Wildman–Crippen MR) is 233 cm³/mol. The maximum atomic E-state index is 12.8. The molecule has 1 rings (SSSR count). The molecule has 12 nitrogen and oxygen atoms in total. The minimum atomic E-state index is -4.60. The predicted octanol–water partition coefficient (Wildman–Crippen LogP) is 9.62. The fraction of sp³-hybridized carbons (Fsp3) is 0.870. The van der Waals surface area contributed by atoms with Gasteiger partial charge in [-0.25, -0.2) is 0 Å². The molecule has 13 heteroatoms. The Morgan fingerprint density at radius 1 is 0.576 bits per heavy atom. The highest BCUT2D eigenvalue weighted by Gasteiger charge is 2.46. The Kier molecular flexibility index (Phi) is 34.4. The van der Waals surface area contributed by atoms with E-state index in [1.807, 2.05) is 0 Å². The van der Waals surface area contributed by atoms with Gasteiger partial charge < -0.3 is 34.3 Å². The average Bonchev–Trinajstić information content (AvgIpc) is 3.20. The van der Waals surface area contributed by atoms with Gasteiger partial charge in [-0.3, -0.25) is 14.1 Å². The average molecular weight is 861 g/mol. The van der Waals surface area contributed by atoms with Gasteiger partial charge in [0.1, 0.15) is 36.8 Å². The number of unbranched alkanes of at least 4 members (excludes halogenated alkanes) is 23. The number of aliphatic hydroxyl groups excluding tert-OH is 3. The maximum Gasteiger partial charge on any atom is 0.306 e. The van der Waals surface area contributed by atoms with Crippen LogP contribution in [0.3, 0.4) is 0 Å². The topological polar surface area (TPSA) is 186 Å². The molecular formula is C46H84O12S. The van der Waals surface area contributed by atoms with E-state index in [0.717, 1.165) is 64.2 Å². The molecule has 1 aliphatic heterocycles. The van der Waals surface area contributed by atoms with Gasteiger partial charge in [-0.1, -0.05) is 173 Å². The molecule has 1 aliphatic rings. The van der Waals surface area contributed by atoms with Crippen LogP contribution in [0, 0.1) is 0 Å². The Labute approximate surface area is 358 Å². The molecule has 0 saturated carbocycles. The molecule has 1 saturated heterocycles. The first-order chi connectivity index (χ1) is 28.5. The largest absolute Gasteiger partial charge is 0.462 e. The smallest absolute Gasteiger partial charge is 0.306 e. The van der Waals surface area contributed by atoms with Crippen molar-refractivity contribution in [3.8, 4) is 0 Å². The summed E-state index contributed by atoms with van der Waals surface area (Å²) in [5.41, 5.74) is 0. The number of ether oxygens (including phenoxy) is 4. The van der Waals surface area contributed by atoms with Gasteiger partial charge in [-0.05, 0) is 38.5 Å². The quantitative estimate of drug-likeness (QED) is 0.0199. The fourth-order valence-corrected chi connectivity index (χ4v) is 7.80. The number of aliphatic hydroxyl groups is 3. The number of rotatable bonds is 39. The molecule has 0 amide bonds. The Bertz CT molecular complexity index is 1190. The minimum Gasteiger partial charge on any atom is -0.462 e. The first kappa shape index (κ1) is 55.1. The lowest BCUT2D eigenvalue weighted by atomic mass is 10.00. The number of carbonyl (C=O) groups excluding carboxylic acids is 2. The van der Waals surface area contributed by atoms with Gasteiger partial charge >= 0.3 is 11.9 Å². The van der Waals surface area contributed by atoms with Crippen molar-refractivity contribution in [1.82, 2.24) is 0 Å². The number of hydrogen-bond donors (Lipinski definition) is 4. The summed E-state index contributed by atoms with van der Waals surface area (Å²) in [6.45, 7) is 3.72. The number of esters is 2. The Morgan fingerprint density at radius 2 is 1.03 bits per heavy atom. The second-order valence-corrected chi connectivity index (χ2v) is 17.9. The molecule has 1 heterocycles. The summed E-state index contributed by atoms with van der Waals surface area (Å²) < 4.78 is 54.1. The summed E-state index contributed by atoms with van der Waals surface area (Å²) in [6.07, 6.45) is 30.8. The third-order valence-corrected chi connectivity index (χ3v) is 11.5. The van der Waals surface area contributed by atoms with Crippen LogP contribution < -0.4 is 0 Å². The normalized spacial score (nSPS) is 20.4. The van der Waals surface area contributed by atoms with E-state index in [0.29, 0.717) is 12.8 Å². The highest BCUT2D eigenvalue weighted by molar-refractivity contribution is 7.85. The van der Waals surface area contributed by atoms with Crippen LogP contribution in [0.2, 0.25) is 0 Å². The van der Waals surface area contributed by atoms with Crippen molar-refractivity contribution in [3.63, 3.8) is 0 Å². The molecule has 0 radical (unpaired) electrons.